The molecule has 0 heterocycles. The Labute approximate surface area is 114 Å². The van der Waals surface area contributed by atoms with Crippen LogP contribution in [0.15, 0.2) is 46.9 Å². The Bertz CT molecular complexity index is 554. The standard InChI is InChI=1S/C15H14BrFO/c1-10-5-2-3-6-11(10)9-14(18)12-7-4-8-13(17)15(12)16/h2-8,14,18H,9H2,1H3. The van der Waals surface area contributed by atoms with E-state index in [1.54, 1.807) is 12.1 Å². The molecular weight excluding hydrogens is 295 g/mol. The van der Waals surface area contributed by atoms with Gasteiger partial charge >= 0.3 is 0 Å². The van der Waals surface area contributed by atoms with Crippen molar-refractivity contribution in [2.24, 2.45) is 0 Å². The molecule has 0 bridgehead atoms. The zero-order valence-corrected chi connectivity index (χ0v) is 11.6. The number of halogens is 2. The van der Waals surface area contributed by atoms with Crippen LogP contribution in [-0.2, 0) is 6.42 Å². The van der Waals surface area contributed by atoms with Gasteiger partial charge in [0.1, 0.15) is 5.82 Å². The highest BCUT2D eigenvalue weighted by Gasteiger charge is 2.15. The van der Waals surface area contributed by atoms with E-state index >= 15 is 0 Å². The lowest BCUT2D eigenvalue weighted by Crippen LogP contribution is -2.04. The maximum Gasteiger partial charge on any atom is 0.137 e. The van der Waals surface area contributed by atoms with Crippen molar-refractivity contribution in [1.29, 1.82) is 0 Å². The summed E-state index contributed by atoms with van der Waals surface area (Å²) in [6.45, 7) is 2.00. The van der Waals surface area contributed by atoms with Gasteiger partial charge in [0.25, 0.3) is 0 Å². The topological polar surface area (TPSA) is 20.2 Å². The van der Waals surface area contributed by atoms with Crippen molar-refractivity contribution in [3.05, 3.63) is 69.4 Å². The smallest absolute Gasteiger partial charge is 0.137 e. The molecule has 0 aromatic heterocycles. The Morgan fingerprint density at radius 1 is 1.17 bits per heavy atom. The van der Waals surface area contributed by atoms with Crippen LogP contribution in [0.5, 0.6) is 0 Å². The normalized spacial score (nSPS) is 12.4. The number of aryl methyl sites for hydroxylation is 1. The zero-order chi connectivity index (χ0) is 13.1. The summed E-state index contributed by atoms with van der Waals surface area (Å²) < 4.78 is 13.7. The lowest BCUT2D eigenvalue weighted by atomic mass is 9.98. The van der Waals surface area contributed by atoms with Crippen LogP contribution < -0.4 is 0 Å². The van der Waals surface area contributed by atoms with Crippen molar-refractivity contribution in [2.45, 2.75) is 19.4 Å². The molecule has 0 fully saturated rings. The highest BCUT2D eigenvalue weighted by molar-refractivity contribution is 9.10. The predicted molar refractivity (Wildman–Crippen MR) is 73.9 cm³/mol. The summed E-state index contributed by atoms with van der Waals surface area (Å²) in [5.41, 5.74) is 2.78. The van der Waals surface area contributed by atoms with Gasteiger partial charge in [-0.05, 0) is 45.6 Å². The fourth-order valence-electron chi connectivity index (χ4n) is 1.94. The van der Waals surface area contributed by atoms with E-state index in [0.717, 1.165) is 11.1 Å². The van der Waals surface area contributed by atoms with Gasteiger partial charge in [-0.15, -0.1) is 0 Å². The second-order valence-corrected chi connectivity index (χ2v) is 5.08. The maximum absolute atomic E-state index is 13.4. The first-order chi connectivity index (χ1) is 8.59. The van der Waals surface area contributed by atoms with Crippen LogP contribution in [0.1, 0.15) is 22.8 Å². The fraction of sp³-hybridized carbons (Fsp3) is 0.200. The van der Waals surface area contributed by atoms with Crippen molar-refractivity contribution >= 4 is 15.9 Å². The number of benzene rings is 2. The average Bonchev–Trinajstić information content (AvgIpc) is 2.35. The third-order valence-corrected chi connectivity index (χ3v) is 3.85. The highest BCUT2D eigenvalue weighted by atomic mass is 79.9. The first-order valence-electron chi connectivity index (χ1n) is 5.76. The summed E-state index contributed by atoms with van der Waals surface area (Å²) in [4.78, 5) is 0. The van der Waals surface area contributed by atoms with Crippen LogP contribution >= 0.6 is 15.9 Å². The minimum Gasteiger partial charge on any atom is -0.388 e. The molecule has 0 radical (unpaired) electrons. The summed E-state index contributed by atoms with van der Waals surface area (Å²) in [6, 6.07) is 12.6. The molecule has 0 aliphatic heterocycles. The molecule has 0 saturated carbocycles. The molecule has 1 nitrogen and oxygen atoms in total. The minimum absolute atomic E-state index is 0.339. The van der Waals surface area contributed by atoms with Crippen LogP contribution in [0.3, 0.4) is 0 Å². The number of rotatable bonds is 3. The predicted octanol–water partition coefficient (Wildman–Crippen LogP) is 4.17. The second-order valence-electron chi connectivity index (χ2n) is 4.29. The summed E-state index contributed by atoms with van der Waals surface area (Å²) >= 11 is 3.18. The molecule has 1 unspecified atom stereocenters. The molecule has 2 aromatic rings. The third kappa shape index (κ3) is 2.79. The van der Waals surface area contributed by atoms with E-state index in [0.29, 0.717) is 16.5 Å². The van der Waals surface area contributed by atoms with E-state index in [1.165, 1.54) is 6.07 Å². The monoisotopic (exact) mass is 308 g/mol. The molecule has 0 spiro atoms. The molecule has 0 saturated heterocycles. The van der Waals surface area contributed by atoms with E-state index < -0.39 is 6.10 Å². The lowest BCUT2D eigenvalue weighted by molar-refractivity contribution is 0.177. The summed E-state index contributed by atoms with van der Waals surface area (Å²) in [5.74, 6) is -0.351. The number of hydrogen-bond acceptors (Lipinski definition) is 1. The van der Waals surface area contributed by atoms with E-state index in [9.17, 15) is 9.50 Å². The van der Waals surface area contributed by atoms with Gasteiger partial charge < -0.3 is 5.11 Å². The quantitative estimate of drug-likeness (QED) is 0.902. The first-order valence-corrected chi connectivity index (χ1v) is 6.55. The van der Waals surface area contributed by atoms with Crippen LogP contribution in [0.2, 0.25) is 0 Å². The number of hydrogen-bond donors (Lipinski definition) is 1. The SMILES string of the molecule is Cc1ccccc1CC(O)c1cccc(F)c1Br. The summed E-state index contributed by atoms with van der Waals surface area (Å²) in [5, 5.41) is 10.2. The van der Waals surface area contributed by atoms with Crippen molar-refractivity contribution in [1.82, 2.24) is 0 Å². The molecule has 1 N–H and O–H groups in total. The zero-order valence-electron chi connectivity index (χ0n) is 10.0. The van der Waals surface area contributed by atoms with Crippen LogP contribution in [0.25, 0.3) is 0 Å². The molecule has 1 atom stereocenters. The largest absolute Gasteiger partial charge is 0.388 e. The number of aliphatic hydroxyl groups is 1. The molecule has 3 heteroatoms. The van der Waals surface area contributed by atoms with Gasteiger partial charge in [0, 0.05) is 6.42 Å². The molecule has 2 rings (SSSR count). The minimum atomic E-state index is -0.712. The van der Waals surface area contributed by atoms with E-state index in [2.05, 4.69) is 15.9 Å². The lowest BCUT2D eigenvalue weighted by Gasteiger charge is -2.14. The van der Waals surface area contributed by atoms with Gasteiger partial charge in [-0.25, -0.2) is 4.39 Å². The molecule has 2 aromatic carbocycles. The Morgan fingerprint density at radius 2 is 1.89 bits per heavy atom. The maximum atomic E-state index is 13.4. The Hall–Kier alpha value is -1.19. The van der Waals surface area contributed by atoms with Crippen molar-refractivity contribution in [3.8, 4) is 0 Å². The second kappa shape index (κ2) is 5.63. The molecular formula is C15H14BrFO. The fourth-order valence-corrected chi connectivity index (χ4v) is 2.46. The Balaban J connectivity index is 2.25. The van der Waals surface area contributed by atoms with E-state index in [4.69, 9.17) is 0 Å². The molecule has 0 aliphatic rings. The van der Waals surface area contributed by atoms with Gasteiger partial charge in [0.15, 0.2) is 0 Å². The molecule has 94 valence electrons. The molecule has 18 heavy (non-hydrogen) atoms. The third-order valence-electron chi connectivity index (χ3n) is 3.01. The van der Waals surface area contributed by atoms with Crippen molar-refractivity contribution in [2.75, 3.05) is 0 Å². The van der Waals surface area contributed by atoms with Gasteiger partial charge in [-0.3, -0.25) is 0 Å². The van der Waals surface area contributed by atoms with Gasteiger partial charge in [-0.1, -0.05) is 36.4 Å². The van der Waals surface area contributed by atoms with E-state index in [-0.39, 0.29) is 5.82 Å². The molecule has 0 aliphatic carbocycles. The average molecular weight is 309 g/mol. The van der Waals surface area contributed by atoms with Crippen molar-refractivity contribution in [3.63, 3.8) is 0 Å². The Morgan fingerprint density at radius 3 is 2.61 bits per heavy atom. The highest BCUT2D eigenvalue weighted by Crippen LogP contribution is 2.28. The summed E-state index contributed by atoms with van der Waals surface area (Å²) in [7, 11) is 0. The van der Waals surface area contributed by atoms with Gasteiger partial charge in [0.2, 0.25) is 0 Å². The Kier molecular flexibility index (Phi) is 4.15. The summed E-state index contributed by atoms with van der Waals surface area (Å²) in [6.07, 6.45) is -0.231. The number of aliphatic hydroxyl groups excluding tert-OH is 1. The van der Waals surface area contributed by atoms with Crippen LogP contribution in [-0.4, -0.2) is 5.11 Å². The van der Waals surface area contributed by atoms with Crippen LogP contribution in [0.4, 0.5) is 4.39 Å². The van der Waals surface area contributed by atoms with Gasteiger partial charge in [-0.2, -0.15) is 0 Å². The van der Waals surface area contributed by atoms with Gasteiger partial charge in [0.05, 0.1) is 10.6 Å². The van der Waals surface area contributed by atoms with Crippen LogP contribution in [0, 0.1) is 12.7 Å². The van der Waals surface area contributed by atoms with E-state index in [1.807, 2.05) is 31.2 Å². The molecule has 0 amide bonds. The first kappa shape index (κ1) is 13.2. The van der Waals surface area contributed by atoms with Crippen molar-refractivity contribution < 1.29 is 9.50 Å².